The molecule has 26 heavy (non-hydrogen) atoms. The normalized spacial score (nSPS) is 31.3. The minimum atomic E-state index is -1.01. The van der Waals surface area contributed by atoms with Crippen LogP contribution in [-0.4, -0.2) is 39.1 Å². The first-order valence-corrected chi connectivity index (χ1v) is 9.43. The molecule has 2 N–H and O–H groups in total. The van der Waals surface area contributed by atoms with Crippen LogP contribution in [-0.2, 0) is 16.1 Å². The topological polar surface area (TPSA) is 81.7 Å². The summed E-state index contributed by atoms with van der Waals surface area (Å²) >= 11 is 0. The van der Waals surface area contributed by atoms with E-state index >= 15 is 0 Å². The van der Waals surface area contributed by atoms with Gasteiger partial charge in [-0.2, -0.15) is 0 Å². The maximum absolute atomic E-state index is 12.5. The number of aliphatic hydroxyl groups excluding tert-OH is 1. The minimum absolute atomic E-state index is 0.0814. The van der Waals surface area contributed by atoms with Crippen molar-refractivity contribution in [1.82, 2.24) is 4.90 Å². The van der Waals surface area contributed by atoms with Crippen molar-refractivity contribution in [2.75, 3.05) is 0 Å². The molecular formula is C20H25N2O4+. The van der Waals surface area contributed by atoms with Crippen molar-refractivity contribution >= 4 is 11.9 Å². The SMILES string of the molecule is C[C@@H](O)[C@H]1C(=O)N2C(C(=O)O)=C3[C@@H](CC[n+]4ccccc4)CCC[C@@H]3[C@H]12. The first-order chi connectivity index (χ1) is 12.5. The van der Waals surface area contributed by atoms with Crippen molar-refractivity contribution in [1.29, 1.82) is 0 Å². The van der Waals surface area contributed by atoms with E-state index in [0.29, 0.717) is 0 Å². The highest BCUT2D eigenvalue weighted by Crippen LogP contribution is 2.54. The number of β-lactam (4-membered cyclic amide) rings is 1. The average molecular weight is 357 g/mol. The van der Waals surface area contributed by atoms with E-state index in [1.807, 2.05) is 30.6 Å². The number of aliphatic hydroxyl groups is 1. The number of amides is 1. The molecule has 3 heterocycles. The lowest BCUT2D eigenvalue weighted by atomic mass is 9.69. The van der Waals surface area contributed by atoms with Crippen LogP contribution in [0.1, 0.15) is 32.6 Å². The number of hydrogen-bond acceptors (Lipinski definition) is 3. The molecule has 0 bridgehead atoms. The standard InChI is InChI=1S/C20H24N2O4/c1-12(23)15-17-14-7-5-6-13(8-11-21-9-3-2-4-10-21)16(14)18(20(25)26)22(17)19(15)24/h2-4,9-10,12-15,17,23H,5-8,11H2,1H3/p+1/t12-,13-,14+,15-,17-/m1/s1. The average Bonchev–Trinajstić information content (AvgIpc) is 2.92. The fourth-order valence-corrected chi connectivity index (χ4v) is 5.19. The Kier molecular flexibility index (Phi) is 4.31. The molecule has 1 aromatic rings. The zero-order valence-corrected chi connectivity index (χ0v) is 14.9. The Bertz CT molecular complexity index is 758. The molecule has 6 nitrogen and oxygen atoms in total. The van der Waals surface area contributed by atoms with E-state index in [2.05, 4.69) is 4.57 Å². The predicted molar refractivity (Wildman–Crippen MR) is 92.6 cm³/mol. The van der Waals surface area contributed by atoms with Gasteiger partial charge in [0.25, 0.3) is 0 Å². The van der Waals surface area contributed by atoms with E-state index in [9.17, 15) is 19.8 Å². The lowest BCUT2D eigenvalue weighted by Crippen LogP contribution is -2.64. The second-order valence-corrected chi connectivity index (χ2v) is 7.71. The summed E-state index contributed by atoms with van der Waals surface area (Å²) in [6.07, 6.45) is 7.06. The van der Waals surface area contributed by atoms with E-state index in [-0.39, 0.29) is 29.5 Å². The largest absolute Gasteiger partial charge is 0.477 e. The van der Waals surface area contributed by atoms with Crippen LogP contribution in [0.2, 0.25) is 0 Å². The number of fused-ring (bicyclic) bond motifs is 3. The molecule has 2 aliphatic heterocycles. The number of rotatable bonds is 5. The minimum Gasteiger partial charge on any atom is -0.477 e. The Balaban J connectivity index is 1.62. The maximum atomic E-state index is 12.5. The summed E-state index contributed by atoms with van der Waals surface area (Å²) in [5.41, 5.74) is 1.14. The highest BCUT2D eigenvalue weighted by atomic mass is 16.4. The molecule has 0 spiro atoms. The van der Waals surface area contributed by atoms with Crippen LogP contribution in [0.4, 0.5) is 0 Å². The number of carbonyl (C=O) groups is 2. The molecule has 138 valence electrons. The van der Waals surface area contributed by atoms with Gasteiger partial charge in [-0.3, -0.25) is 4.79 Å². The highest BCUT2D eigenvalue weighted by Gasteiger charge is 2.62. The van der Waals surface area contributed by atoms with Crippen molar-refractivity contribution in [3.8, 4) is 0 Å². The number of aromatic nitrogens is 1. The summed E-state index contributed by atoms with van der Waals surface area (Å²) < 4.78 is 2.11. The summed E-state index contributed by atoms with van der Waals surface area (Å²) in [6, 6.07) is 5.77. The Morgan fingerprint density at radius 3 is 2.69 bits per heavy atom. The van der Waals surface area contributed by atoms with E-state index in [4.69, 9.17) is 0 Å². The number of aliphatic carboxylic acids is 1. The second-order valence-electron chi connectivity index (χ2n) is 7.71. The van der Waals surface area contributed by atoms with Gasteiger partial charge < -0.3 is 15.1 Å². The zero-order valence-electron chi connectivity index (χ0n) is 14.9. The van der Waals surface area contributed by atoms with E-state index in [1.165, 1.54) is 4.90 Å². The van der Waals surface area contributed by atoms with Crippen LogP contribution in [0, 0.1) is 17.8 Å². The number of pyridine rings is 1. The highest BCUT2D eigenvalue weighted by molar-refractivity contribution is 6.00. The third-order valence-corrected chi connectivity index (χ3v) is 6.26. The van der Waals surface area contributed by atoms with Gasteiger partial charge in [-0.15, -0.1) is 0 Å². The quantitative estimate of drug-likeness (QED) is 0.615. The van der Waals surface area contributed by atoms with Crippen LogP contribution in [0.3, 0.4) is 0 Å². The molecule has 0 radical (unpaired) electrons. The van der Waals surface area contributed by atoms with Gasteiger partial charge in [0.1, 0.15) is 12.2 Å². The fraction of sp³-hybridized carbons (Fsp3) is 0.550. The smallest absolute Gasteiger partial charge is 0.352 e. The van der Waals surface area contributed by atoms with Gasteiger partial charge >= 0.3 is 5.97 Å². The van der Waals surface area contributed by atoms with E-state index in [1.54, 1.807) is 6.92 Å². The fourth-order valence-electron chi connectivity index (χ4n) is 5.19. The zero-order chi connectivity index (χ0) is 18.4. The van der Waals surface area contributed by atoms with Crippen LogP contribution in [0.15, 0.2) is 41.9 Å². The first-order valence-electron chi connectivity index (χ1n) is 9.43. The molecule has 1 saturated heterocycles. The van der Waals surface area contributed by atoms with Crippen molar-refractivity contribution in [3.63, 3.8) is 0 Å². The number of carbonyl (C=O) groups excluding carboxylic acids is 1. The van der Waals surface area contributed by atoms with Gasteiger partial charge in [0.2, 0.25) is 5.91 Å². The molecule has 1 aromatic heterocycles. The molecular weight excluding hydrogens is 332 g/mol. The van der Waals surface area contributed by atoms with Crippen molar-refractivity contribution < 1.29 is 24.4 Å². The third kappa shape index (κ3) is 2.55. The van der Waals surface area contributed by atoms with Crippen LogP contribution >= 0.6 is 0 Å². The second kappa shape index (κ2) is 6.50. The molecule has 1 aliphatic carbocycles. The maximum Gasteiger partial charge on any atom is 0.352 e. The molecule has 6 heteroatoms. The van der Waals surface area contributed by atoms with E-state index in [0.717, 1.165) is 37.8 Å². The van der Waals surface area contributed by atoms with Gasteiger partial charge in [0.05, 0.1) is 18.1 Å². The summed E-state index contributed by atoms with van der Waals surface area (Å²) in [7, 11) is 0. The first kappa shape index (κ1) is 17.2. The molecule has 0 unspecified atom stereocenters. The molecule has 0 aromatic carbocycles. The molecule has 2 fully saturated rings. The van der Waals surface area contributed by atoms with Gasteiger partial charge in [-0.1, -0.05) is 12.5 Å². The summed E-state index contributed by atoms with van der Waals surface area (Å²) in [5, 5.41) is 19.8. The Morgan fingerprint density at radius 1 is 1.31 bits per heavy atom. The van der Waals surface area contributed by atoms with Crippen molar-refractivity contribution in [2.24, 2.45) is 17.8 Å². The number of carboxylic acid groups (broad SMARTS) is 1. The number of carboxylic acids is 1. The number of hydrogen-bond donors (Lipinski definition) is 2. The van der Waals surface area contributed by atoms with Crippen molar-refractivity contribution in [2.45, 2.75) is 51.3 Å². The van der Waals surface area contributed by atoms with Crippen LogP contribution in [0.25, 0.3) is 0 Å². The lowest BCUT2D eigenvalue weighted by molar-refractivity contribution is -0.698. The number of nitrogens with zero attached hydrogens (tertiary/aromatic N) is 2. The molecule has 4 rings (SSSR count). The van der Waals surface area contributed by atoms with E-state index < -0.39 is 18.0 Å². The predicted octanol–water partition coefficient (Wildman–Crippen LogP) is 1.34. The molecule has 5 atom stereocenters. The van der Waals surface area contributed by atoms with Gasteiger partial charge in [-0.25, -0.2) is 9.36 Å². The molecule has 3 aliphatic rings. The van der Waals surface area contributed by atoms with Gasteiger partial charge in [0.15, 0.2) is 12.4 Å². The van der Waals surface area contributed by atoms with Gasteiger partial charge in [0, 0.05) is 24.5 Å². The third-order valence-electron chi connectivity index (χ3n) is 6.26. The molecule has 1 amide bonds. The Hall–Kier alpha value is -2.21. The summed E-state index contributed by atoms with van der Waals surface area (Å²) in [5.74, 6) is -1.45. The Morgan fingerprint density at radius 2 is 2.04 bits per heavy atom. The van der Waals surface area contributed by atoms with Gasteiger partial charge in [-0.05, 0) is 31.3 Å². The Labute approximate surface area is 152 Å². The monoisotopic (exact) mass is 357 g/mol. The summed E-state index contributed by atoms with van der Waals surface area (Å²) in [6.45, 7) is 2.46. The number of aryl methyl sites for hydroxylation is 1. The summed E-state index contributed by atoms with van der Waals surface area (Å²) in [4.78, 5) is 25.9. The van der Waals surface area contributed by atoms with Crippen LogP contribution < -0.4 is 4.57 Å². The lowest BCUT2D eigenvalue weighted by Gasteiger charge is -2.47. The van der Waals surface area contributed by atoms with Crippen LogP contribution in [0.5, 0.6) is 0 Å². The molecule has 1 saturated carbocycles. The van der Waals surface area contributed by atoms with Crippen molar-refractivity contribution in [3.05, 3.63) is 41.9 Å².